The molecule has 17 heavy (non-hydrogen) atoms. The fourth-order valence-electron chi connectivity index (χ4n) is 2.15. The zero-order valence-electron chi connectivity index (χ0n) is 10.5. The van der Waals surface area contributed by atoms with E-state index in [1.807, 2.05) is 22.6 Å². The second-order valence-corrected chi connectivity index (χ2v) is 4.54. The summed E-state index contributed by atoms with van der Waals surface area (Å²) >= 11 is 0. The fraction of sp³-hybridized carbons (Fsp3) is 0.583. The van der Waals surface area contributed by atoms with Crippen LogP contribution in [0.25, 0.3) is 0 Å². The lowest BCUT2D eigenvalue weighted by molar-refractivity contribution is 0.0653. The van der Waals surface area contributed by atoms with Crippen LogP contribution >= 0.6 is 0 Å². The molecule has 2 heterocycles. The molecule has 0 aliphatic carbocycles. The number of amides is 1. The molecule has 0 atom stereocenters. The summed E-state index contributed by atoms with van der Waals surface area (Å²) in [6, 6.07) is 1.77. The molecule has 1 aromatic rings. The predicted octanol–water partition coefficient (Wildman–Crippen LogP) is 0.478. The average molecular weight is 236 g/mol. The van der Waals surface area contributed by atoms with E-state index in [1.165, 1.54) is 0 Å². The van der Waals surface area contributed by atoms with Crippen LogP contribution in [0.4, 0.5) is 5.69 Å². The average Bonchev–Trinajstić information content (AvgIpc) is 2.70. The number of carbonyl (C=O) groups excluding carboxylic acids is 1. The van der Waals surface area contributed by atoms with Crippen LogP contribution in [-0.2, 0) is 6.54 Å². The van der Waals surface area contributed by atoms with Crippen molar-refractivity contribution in [1.29, 1.82) is 0 Å². The quantitative estimate of drug-likeness (QED) is 0.812. The molecule has 2 rings (SSSR count). The number of nitrogens with two attached hydrogens (primary N) is 1. The first-order chi connectivity index (χ1) is 8.11. The van der Waals surface area contributed by atoms with Crippen molar-refractivity contribution in [2.75, 3.05) is 39.0 Å². The van der Waals surface area contributed by atoms with E-state index in [1.54, 1.807) is 6.07 Å². The Morgan fingerprint density at radius 1 is 1.35 bits per heavy atom. The minimum absolute atomic E-state index is 0.0941. The first-order valence-electron chi connectivity index (χ1n) is 6.05. The van der Waals surface area contributed by atoms with Gasteiger partial charge in [-0.3, -0.25) is 4.79 Å². The fourth-order valence-corrected chi connectivity index (χ4v) is 2.15. The third-order valence-electron chi connectivity index (χ3n) is 3.27. The standard InChI is InChI=1S/C12H20N4O/c1-3-15-9-10(13)8-11(15)12(17)16-6-4-14(2)5-7-16/h8-9H,3-7,13H2,1-2H3. The molecule has 0 aromatic carbocycles. The number of carbonyl (C=O) groups is 1. The maximum Gasteiger partial charge on any atom is 0.270 e. The van der Waals surface area contributed by atoms with Gasteiger partial charge in [0.25, 0.3) is 5.91 Å². The second-order valence-electron chi connectivity index (χ2n) is 4.54. The Morgan fingerprint density at radius 3 is 2.59 bits per heavy atom. The number of hydrogen-bond donors (Lipinski definition) is 1. The Labute approximate surface area is 102 Å². The SMILES string of the molecule is CCn1cc(N)cc1C(=O)N1CCN(C)CC1. The second kappa shape index (κ2) is 4.79. The van der Waals surface area contributed by atoms with Gasteiger partial charge in [-0.25, -0.2) is 0 Å². The lowest BCUT2D eigenvalue weighted by Crippen LogP contribution is -2.47. The van der Waals surface area contributed by atoms with E-state index in [9.17, 15) is 4.79 Å². The van der Waals surface area contributed by atoms with Crippen molar-refractivity contribution in [2.24, 2.45) is 0 Å². The van der Waals surface area contributed by atoms with Crippen LogP contribution in [0.5, 0.6) is 0 Å². The van der Waals surface area contributed by atoms with Crippen LogP contribution in [0.1, 0.15) is 17.4 Å². The van der Waals surface area contributed by atoms with E-state index in [2.05, 4.69) is 11.9 Å². The van der Waals surface area contributed by atoms with Gasteiger partial charge in [0.05, 0.1) is 5.69 Å². The Bertz CT molecular complexity index is 405. The van der Waals surface area contributed by atoms with Gasteiger partial charge in [0.15, 0.2) is 0 Å². The number of rotatable bonds is 2. The molecule has 0 unspecified atom stereocenters. The van der Waals surface area contributed by atoms with E-state index in [-0.39, 0.29) is 5.91 Å². The Balaban J connectivity index is 2.13. The van der Waals surface area contributed by atoms with Crippen LogP contribution in [0, 0.1) is 0 Å². The van der Waals surface area contributed by atoms with Gasteiger partial charge in [0.1, 0.15) is 5.69 Å². The molecular weight excluding hydrogens is 216 g/mol. The molecule has 1 aliphatic heterocycles. The highest BCUT2D eigenvalue weighted by molar-refractivity contribution is 5.94. The molecule has 1 saturated heterocycles. The smallest absolute Gasteiger partial charge is 0.270 e. The number of aryl methyl sites for hydroxylation is 1. The molecule has 5 heteroatoms. The van der Waals surface area contributed by atoms with Crippen LogP contribution in [0.15, 0.2) is 12.3 Å². The van der Waals surface area contributed by atoms with E-state index in [4.69, 9.17) is 5.73 Å². The van der Waals surface area contributed by atoms with Crippen molar-refractivity contribution < 1.29 is 4.79 Å². The highest BCUT2D eigenvalue weighted by Gasteiger charge is 2.22. The van der Waals surface area contributed by atoms with E-state index >= 15 is 0 Å². The number of likely N-dealkylation sites (N-methyl/N-ethyl adjacent to an activating group) is 1. The maximum absolute atomic E-state index is 12.3. The molecular formula is C12H20N4O. The summed E-state index contributed by atoms with van der Waals surface area (Å²) in [5.41, 5.74) is 7.10. The summed E-state index contributed by atoms with van der Waals surface area (Å²) in [6.07, 6.45) is 1.82. The van der Waals surface area contributed by atoms with E-state index in [0.717, 1.165) is 32.7 Å². The number of nitrogen functional groups attached to an aromatic ring is 1. The molecule has 1 amide bonds. The highest BCUT2D eigenvalue weighted by atomic mass is 16.2. The van der Waals surface area contributed by atoms with E-state index in [0.29, 0.717) is 11.4 Å². The molecule has 2 N–H and O–H groups in total. The molecule has 94 valence electrons. The van der Waals surface area contributed by atoms with Gasteiger partial charge in [-0.1, -0.05) is 0 Å². The van der Waals surface area contributed by atoms with Crippen molar-refractivity contribution in [1.82, 2.24) is 14.4 Å². The molecule has 1 fully saturated rings. The van der Waals surface area contributed by atoms with Crippen LogP contribution in [0.3, 0.4) is 0 Å². The monoisotopic (exact) mass is 236 g/mol. The first-order valence-corrected chi connectivity index (χ1v) is 6.05. The largest absolute Gasteiger partial charge is 0.397 e. The summed E-state index contributed by atoms with van der Waals surface area (Å²) in [5.74, 6) is 0.0941. The van der Waals surface area contributed by atoms with Gasteiger partial charge in [-0.15, -0.1) is 0 Å². The summed E-state index contributed by atoms with van der Waals surface area (Å²) < 4.78 is 1.91. The van der Waals surface area contributed by atoms with Crippen LogP contribution in [-0.4, -0.2) is 53.5 Å². The van der Waals surface area contributed by atoms with Gasteiger partial charge in [0.2, 0.25) is 0 Å². The molecule has 0 bridgehead atoms. The molecule has 0 spiro atoms. The van der Waals surface area contributed by atoms with Crippen LogP contribution < -0.4 is 5.73 Å². The molecule has 5 nitrogen and oxygen atoms in total. The number of aromatic nitrogens is 1. The zero-order chi connectivity index (χ0) is 12.4. The lowest BCUT2D eigenvalue weighted by atomic mass is 10.3. The number of anilines is 1. The Kier molecular flexibility index (Phi) is 3.38. The minimum Gasteiger partial charge on any atom is -0.397 e. The normalized spacial score (nSPS) is 17.4. The van der Waals surface area contributed by atoms with Gasteiger partial charge >= 0.3 is 0 Å². The zero-order valence-corrected chi connectivity index (χ0v) is 10.5. The summed E-state index contributed by atoms with van der Waals surface area (Å²) in [6.45, 7) is 6.25. The first kappa shape index (κ1) is 12.0. The van der Waals surface area contributed by atoms with Gasteiger partial charge in [-0.2, -0.15) is 0 Å². The van der Waals surface area contributed by atoms with Crippen molar-refractivity contribution in [3.63, 3.8) is 0 Å². The molecule has 0 saturated carbocycles. The Hall–Kier alpha value is -1.49. The molecule has 1 aliphatic rings. The van der Waals surface area contributed by atoms with Crippen molar-refractivity contribution in [3.8, 4) is 0 Å². The highest BCUT2D eigenvalue weighted by Crippen LogP contribution is 2.14. The van der Waals surface area contributed by atoms with Crippen molar-refractivity contribution in [3.05, 3.63) is 18.0 Å². The van der Waals surface area contributed by atoms with Crippen molar-refractivity contribution >= 4 is 11.6 Å². The van der Waals surface area contributed by atoms with Gasteiger partial charge in [-0.05, 0) is 20.0 Å². The maximum atomic E-state index is 12.3. The topological polar surface area (TPSA) is 54.5 Å². The number of piperazine rings is 1. The van der Waals surface area contributed by atoms with Gasteiger partial charge in [0, 0.05) is 38.9 Å². The van der Waals surface area contributed by atoms with Crippen molar-refractivity contribution in [2.45, 2.75) is 13.5 Å². The summed E-state index contributed by atoms with van der Waals surface area (Å²) in [7, 11) is 2.08. The third-order valence-corrected chi connectivity index (χ3v) is 3.27. The Morgan fingerprint density at radius 2 is 2.00 bits per heavy atom. The third kappa shape index (κ3) is 2.44. The lowest BCUT2D eigenvalue weighted by Gasteiger charge is -2.32. The number of nitrogens with zero attached hydrogens (tertiary/aromatic N) is 3. The summed E-state index contributed by atoms with van der Waals surface area (Å²) in [5, 5.41) is 0. The number of hydrogen-bond acceptors (Lipinski definition) is 3. The molecule has 0 radical (unpaired) electrons. The van der Waals surface area contributed by atoms with E-state index < -0.39 is 0 Å². The molecule has 1 aromatic heterocycles. The van der Waals surface area contributed by atoms with Gasteiger partial charge < -0.3 is 20.1 Å². The summed E-state index contributed by atoms with van der Waals surface area (Å²) in [4.78, 5) is 16.5. The predicted molar refractivity (Wildman–Crippen MR) is 67.9 cm³/mol. The minimum atomic E-state index is 0.0941. The van der Waals surface area contributed by atoms with Crippen LogP contribution in [0.2, 0.25) is 0 Å².